The van der Waals surface area contributed by atoms with Crippen molar-refractivity contribution in [2.45, 2.75) is 26.9 Å². The molecule has 128 valence electrons. The molecule has 2 rings (SSSR count). The standard InChI is InChI=1S/C18H21NO4S/c1-5-23-18(21)14-11(2)12(3)24-17(14)19-16(20)15(22-4)13-9-7-6-8-10-13/h6-10,15H,5H2,1-4H3,(H,19,20). The summed E-state index contributed by atoms with van der Waals surface area (Å²) < 4.78 is 10.4. The molecule has 0 radical (unpaired) electrons. The van der Waals surface area contributed by atoms with Crippen molar-refractivity contribution in [2.75, 3.05) is 19.0 Å². The molecule has 0 bridgehead atoms. The number of hydrogen-bond donors (Lipinski definition) is 1. The number of anilines is 1. The minimum atomic E-state index is -0.746. The maximum absolute atomic E-state index is 12.6. The Balaban J connectivity index is 2.28. The molecular formula is C18H21NO4S. The van der Waals surface area contributed by atoms with Crippen LogP contribution in [0.2, 0.25) is 0 Å². The number of nitrogens with one attached hydrogen (secondary N) is 1. The van der Waals surface area contributed by atoms with E-state index in [-0.39, 0.29) is 12.5 Å². The van der Waals surface area contributed by atoms with Crippen LogP contribution < -0.4 is 5.32 Å². The Morgan fingerprint density at radius 2 is 1.88 bits per heavy atom. The van der Waals surface area contributed by atoms with Gasteiger partial charge in [-0.3, -0.25) is 4.79 Å². The largest absolute Gasteiger partial charge is 0.462 e. The van der Waals surface area contributed by atoms with Crippen LogP contribution in [0.4, 0.5) is 5.00 Å². The molecule has 1 amide bonds. The van der Waals surface area contributed by atoms with E-state index in [2.05, 4.69) is 5.32 Å². The van der Waals surface area contributed by atoms with Gasteiger partial charge < -0.3 is 14.8 Å². The monoisotopic (exact) mass is 347 g/mol. The lowest BCUT2D eigenvalue weighted by atomic mass is 10.1. The fourth-order valence-corrected chi connectivity index (χ4v) is 3.42. The van der Waals surface area contributed by atoms with Crippen molar-refractivity contribution in [3.8, 4) is 0 Å². The fraction of sp³-hybridized carbons (Fsp3) is 0.333. The number of benzene rings is 1. The highest BCUT2D eigenvalue weighted by Gasteiger charge is 2.26. The second-order valence-corrected chi connectivity index (χ2v) is 6.45. The van der Waals surface area contributed by atoms with Crippen molar-refractivity contribution in [3.05, 3.63) is 51.9 Å². The second kappa shape index (κ2) is 8.08. The fourth-order valence-electron chi connectivity index (χ4n) is 2.36. The Morgan fingerprint density at radius 1 is 1.21 bits per heavy atom. The topological polar surface area (TPSA) is 64.6 Å². The summed E-state index contributed by atoms with van der Waals surface area (Å²) in [6, 6.07) is 9.21. The molecule has 0 spiro atoms. The number of carbonyl (C=O) groups excluding carboxylic acids is 2. The number of esters is 1. The van der Waals surface area contributed by atoms with Crippen LogP contribution in [-0.4, -0.2) is 25.6 Å². The first-order valence-corrected chi connectivity index (χ1v) is 8.46. The molecule has 0 aliphatic carbocycles. The van der Waals surface area contributed by atoms with Crippen molar-refractivity contribution >= 4 is 28.2 Å². The molecule has 1 unspecified atom stereocenters. The number of amides is 1. The van der Waals surface area contributed by atoms with Gasteiger partial charge in [0.1, 0.15) is 5.00 Å². The lowest BCUT2D eigenvalue weighted by Gasteiger charge is -2.15. The Hall–Kier alpha value is -2.18. The number of thiophene rings is 1. The lowest BCUT2D eigenvalue weighted by Crippen LogP contribution is -2.23. The zero-order valence-corrected chi connectivity index (χ0v) is 15.0. The smallest absolute Gasteiger partial charge is 0.341 e. The van der Waals surface area contributed by atoms with Crippen LogP contribution in [0.25, 0.3) is 0 Å². The highest BCUT2D eigenvalue weighted by Crippen LogP contribution is 2.34. The van der Waals surface area contributed by atoms with Gasteiger partial charge in [-0.2, -0.15) is 0 Å². The zero-order chi connectivity index (χ0) is 17.7. The number of ether oxygens (including phenoxy) is 2. The van der Waals surface area contributed by atoms with E-state index >= 15 is 0 Å². The van der Waals surface area contributed by atoms with Gasteiger partial charge in [0, 0.05) is 12.0 Å². The summed E-state index contributed by atoms with van der Waals surface area (Å²) >= 11 is 1.36. The summed E-state index contributed by atoms with van der Waals surface area (Å²) in [5.41, 5.74) is 1.98. The van der Waals surface area contributed by atoms with Crippen molar-refractivity contribution in [1.82, 2.24) is 0 Å². The van der Waals surface area contributed by atoms with E-state index in [0.29, 0.717) is 10.6 Å². The minimum Gasteiger partial charge on any atom is -0.462 e. The van der Waals surface area contributed by atoms with Crippen molar-refractivity contribution in [1.29, 1.82) is 0 Å². The summed E-state index contributed by atoms with van der Waals surface area (Å²) in [6.07, 6.45) is -0.746. The molecule has 0 saturated heterocycles. The molecule has 24 heavy (non-hydrogen) atoms. The van der Waals surface area contributed by atoms with Crippen LogP contribution in [-0.2, 0) is 14.3 Å². The van der Waals surface area contributed by atoms with Gasteiger partial charge in [0.15, 0.2) is 6.10 Å². The van der Waals surface area contributed by atoms with E-state index in [1.54, 1.807) is 6.92 Å². The molecule has 1 N–H and O–H groups in total. The quantitative estimate of drug-likeness (QED) is 0.806. The van der Waals surface area contributed by atoms with E-state index in [1.165, 1.54) is 18.4 Å². The molecule has 1 heterocycles. The van der Waals surface area contributed by atoms with Gasteiger partial charge >= 0.3 is 5.97 Å². The van der Waals surface area contributed by atoms with Crippen molar-refractivity contribution < 1.29 is 19.1 Å². The average Bonchev–Trinajstić information content (AvgIpc) is 2.83. The first kappa shape index (κ1) is 18.2. The predicted octanol–water partition coefficient (Wildman–Crippen LogP) is 3.87. The molecule has 6 heteroatoms. The maximum Gasteiger partial charge on any atom is 0.341 e. The molecule has 1 aromatic carbocycles. The third-order valence-electron chi connectivity index (χ3n) is 3.68. The number of rotatable bonds is 6. The highest BCUT2D eigenvalue weighted by molar-refractivity contribution is 7.16. The van der Waals surface area contributed by atoms with Crippen LogP contribution >= 0.6 is 11.3 Å². The number of hydrogen-bond acceptors (Lipinski definition) is 5. The van der Waals surface area contributed by atoms with Crippen molar-refractivity contribution in [2.24, 2.45) is 0 Å². The Morgan fingerprint density at radius 3 is 2.46 bits per heavy atom. The van der Waals surface area contributed by atoms with Crippen LogP contribution in [0.3, 0.4) is 0 Å². The molecular weight excluding hydrogens is 326 g/mol. The Kier molecular flexibility index (Phi) is 6.11. The Bertz CT molecular complexity index is 724. The third-order valence-corrected chi connectivity index (χ3v) is 4.80. The SMILES string of the molecule is CCOC(=O)c1c(NC(=O)C(OC)c2ccccc2)sc(C)c1C. The summed E-state index contributed by atoms with van der Waals surface area (Å²) in [4.78, 5) is 25.8. The van der Waals surface area contributed by atoms with Crippen LogP contribution in [0.15, 0.2) is 30.3 Å². The van der Waals surface area contributed by atoms with Crippen LogP contribution in [0.1, 0.15) is 39.4 Å². The van der Waals surface area contributed by atoms with E-state index in [4.69, 9.17) is 9.47 Å². The Labute approximate surface area is 145 Å². The van der Waals surface area contributed by atoms with E-state index in [9.17, 15) is 9.59 Å². The lowest BCUT2D eigenvalue weighted by molar-refractivity contribution is -0.126. The summed E-state index contributed by atoms with van der Waals surface area (Å²) in [5, 5.41) is 3.31. The molecule has 1 aromatic heterocycles. The van der Waals surface area contributed by atoms with Gasteiger partial charge in [0.05, 0.1) is 12.2 Å². The average molecular weight is 347 g/mol. The van der Waals surface area contributed by atoms with Crippen molar-refractivity contribution in [3.63, 3.8) is 0 Å². The molecule has 5 nitrogen and oxygen atoms in total. The maximum atomic E-state index is 12.6. The summed E-state index contributed by atoms with van der Waals surface area (Å²) in [6.45, 7) is 5.79. The summed E-state index contributed by atoms with van der Waals surface area (Å²) in [5.74, 6) is -0.751. The minimum absolute atomic E-state index is 0.283. The third kappa shape index (κ3) is 3.83. The molecule has 1 atom stereocenters. The van der Waals surface area contributed by atoms with E-state index < -0.39 is 12.1 Å². The number of methoxy groups -OCH3 is 1. The molecule has 2 aromatic rings. The predicted molar refractivity (Wildman–Crippen MR) is 94.6 cm³/mol. The van der Waals surface area contributed by atoms with Gasteiger partial charge in [-0.15, -0.1) is 11.3 Å². The molecule has 0 saturated carbocycles. The van der Waals surface area contributed by atoms with Crippen LogP contribution in [0, 0.1) is 13.8 Å². The van der Waals surface area contributed by atoms with E-state index in [0.717, 1.165) is 16.0 Å². The second-order valence-electron chi connectivity index (χ2n) is 5.22. The van der Waals surface area contributed by atoms with Gasteiger partial charge in [-0.25, -0.2) is 4.79 Å². The molecule has 0 fully saturated rings. The first-order chi connectivity index (χ1) is 11.5. The van der Waals surface area contributed by atoms with Crippen LogP contribution in [0.5, 0.6) is 0 Å². The molecule has 0 aliphatic heterocycles. The number of aryl methyl sites for hydroxylation is 1. The van der Waals surface area contributed by atoms with Gasteiger partial charge in [-0.05, 0) is 31.9 Å². The zero-order valence-electron chi connectivity index (χ0n) is 14.2. The van der Waals surface area contributed by atoms with E-state index in [1.807, 2.05) is 44.2 Å². The number of carbonyl (C=O) groups is 2. The van der Waals surface area contributed by atoms with Gasteiger partial charge in [0.25, 0.3) is 5.91 Å². The summed E-state index contributed by atoms with van der Waals surface area (Å²) in [7, 11) is 1.48. The highest BCUT2D eigenvalue weighted by atomic mass is 32.1. The first-order valence-electron chi connectivity index (χ1n) is 7.65. The van der Waals surface area contributed by atoms with Gasteiger partial charge in [0.2, 0.25) is 0 Å². The molecule has 0 aliphatic rings. The van der Waals surface area contributed by atoms with Gasteiger partial charge in [-0.1, -0.05) is 30.3 Å². The normalized spacial score (nSPS) is 11.8.